The predicted molar refractivity (Wildman–Crippen MR) is 180 cm³/mol. The Labute approximate surface area is 276 Å². The van der Waals surface area contributed by atoms with Crippen LogP contribution in [0.3, 0.4) is 0 Å². The zero-order valence-electron chi connectivity index (χ0n) is 28.2. The van der Waals surface area contributed by atoms with Gasteiger partial charge in [-0.3, -0.25) is 9.78 Å². The first-order valence-corrected chi connectivity index (χ1v) is 16.6. The van der Waals surface area contributed by atoms with Crippen LogP contribution < -0.4 is 4.74 Å². The lowest BCUT2D eigenvalue weighted by Gasteiger charge is -2.33. The van der Waals surface area contributed by atoms with Crippen LogP contribution in [0.4, 0.5) is 4.79 Å². The van der Waals surface area contributed by atoms with Gasteiger partial charge in [0.05, 0.1) is 28.1 Å². The zero-order chi connectivity index (χ0) is 33.3. The third-order valence-corrected chi connectivity index (χ3v) is 8.73. The van der Waals surface area contributed by atoms with Crippen LogP contribution in [-0.4, -0.2) is 67.2 Å². The number of carbonyl (C=O) groups excluding carboxylic acids is 2. The zero-order valence-corrected chi connectivity index (χ0v) is 28.2. The van der Waals surface area contributed by atoms with Gasteiger partial charge in [-0.15, -0.1) is 0 Å². The number of fused-ring (bicyclic) bond motifs is 1. The lowest BCUT2D eigenvalue weighted by Crippen LogP contribution is -2.41. The van der Waals surface area contributed by atoms with Crippen molar-refractivity contribution in [3.05, 3.63) is 71.7 Å². The summed E-state index contributed by atoms with van der Waals surface area (Å²) < 4.78 is 12.1. The molecular formula is C37H44N6O4. The average molecular weight is 637 g/mol. The van der Waals surface area contributed by atoms with E-state index >= 15 is 0 Å². The van der Waals surface area contributed by atoms with Gasteiger partial charge in [0, 0.05) is 61.9 Å². The van der Waals surface area contributed by atoms with Gasteiger partial charge in [-0.05, 0) is 87.9 Å². The molecule has 0 N–H and O–H groups in total. The Morgan fingerprint density at radius 2 is 1.74 bits per heavy atom. The smallest absolute Gasteiger partial charge is 0.410 e. The molecule has 4 heterocycles. The molecule has 0 bridgehead atoms. The first-order valence-electron chi connectivity index (χ1n) is 16.6. The number of hydrogen-bond donors (Lipinski definition) is 0. The van der Waals surface area contributed by atoms with E-state index in [0.717, 1.165) is 52.1 Å². The second-order valence-corrected chi connectivity index (χ2v) is 14.2. The Hall–Kier alpha value is -4.60. The minimum absolute atomic E-state index is 0.150. The van der Waals surface area contributed by atoms with Crippen molar-refractivity contribution in [2.75, 3.05) is 19.6 Å². The number of ether oxygens (including phenoxy) is 2. The lowest BCUT2D eigenvalue weighted by atomic mass is 9.94. The molecule has 10 nitrogen and oxygen atoms in total. The summed E-state index contributed by atoms with van der Waals surface area (Å²) in [5, 5.41) is 8.77. The largest absolute Gasteiger partial charge is 0.457 e. The van der Waals surface area contributed by atoms with Crippen LogP contribution >= 0.6 is 0 Å². The monoisotopic (exact) mass is 636 g/mol. The SMILES string of the molecule is CC1CC(=O)N(Cc2cc3ncc(C4CCN(C(=O)OC(C)(C)C)CC4)nc3cc2Oc2ccc(-c3ccc(C(C)C)nn3)cc2)C1. The minimum atomic E-state index is -0.521. The molecule has 2 aromatic carbocycles. The summed E-state index contributed by atoms with van der Waals surface area (Å²) in [7, 11) is 0. The molecule has 0 spiro atoms. The average Bonchev–Trinajstić information content (AvgIpc) is 3.36. The summed E-state index contributed by atoms with van der Waals surface area (Å²) in [6, 6.07) is 15.7. The number of nitrogens with zero attached hydrogens (tertiary/aromatic N) is 6. The van der Waals surface area contributed by atoms with Crippen LogP contribution in [0.15, 0.2) is 54.7 Å². The van der Waals surface area contributed by atoms with E-state index in [1.807, 2.05) is 80.4 Å². The van der Waals surface area contributed by atoms with E-state index < -0.39 is 5.60 Å². The molecule has 2 aliphatic heterocycles. The van der Waals surface area contributed by atoms with E-state index in [1.165, 1.54) is 0 Å². The number of benzene rings is 2. The highest BCUT2D eigenvalue weighted by atomic mass is 16.6. The van der Waals surface area contributed by atoms with Gasteiger partial charge in [-0.1, -0.05) is 20.8 Å². The standard InChI is InChI=1S/C37H44N6O4/c1-23(2)29-11-12-30(41-40-29)25-7-9-28(10-8-25)46-34-19-32-31(18-27(34)22-43-21-24(3)17-35(43)44)38-20-33(39-32)26-13-15-42(16-14-26)36(45)47-37(4,5)6/h7-12,18-20,23-24,26H,13-17,21-22H2,1-6H3. The van der Waals surface area contributed by atoms with Crippen molar-refractivity contribution in [1.82, 2.24) is 30.0 Å². The Kier molecular flexibility index (Phi) is 9.12. The van der Waals surface area contributed by atoms with Crippen molar-refractivity contribution in [1.29, 1.82) is 0 Å². The van der Waals surface area contributed by atoms with Crippen molar-refractivity contribution in [2.45, 2.75) is 84.8 Å². The summed E-state index contributed by atoms with van der Waals surface area (Å²) >= 11 is 0. The molecule has 2 saturated heterocycles. The quantitative estimate of drug-likeness (QED) is 0.205. The number of amides is 2. The van der Waals surface area contributed by atoms with Gasteiger partial charge in [0.2, 0.25) is 5.91 Å². The number of likely N-dealkylation sites (tertiary alicyclic amines) is 2. The summed E-state index contributed by atoms with van der Waals surface area (Å²) in [6.45, 7) is 14.3. The van der Waals surface area contributed by atoms with Gasteiger partial charge in [-0.2, -0.15) is 10.2 Å². The fourth-order valence-corrected chi connectivity index (χ4v) is 6.15. The van der Waals surface area contributed by atoms with Crippen molar-refractivity contribution < 1.29 is 19.1 Å². The normalized spacial score (nSPS) is 17.5. The van der Waals surface area contributed by atoms with E-state index in [9.17, 15) is 9.59 Å². The summed E-state index contributed by atoms with van der Waals surface area (Å²) in [4.78, 5) is 38.8. The molecule has 2 aromatic heterocycles. The van der Waals surface area contributed by atoms with Gasteiger partial charge in [0.25, 0.3) is 0 Å². The molecule has 1 unspecified atom stereocenters. The topological polar surface area (TPSA) is 111 Å². The molecule has 2 amide bonds. The molecule has 10 heteroatoms. The molecule has 0 saturated carbocycles. The lowest BCUT2D eigenvalue weighted by molar-refractivity contribution is -0.128. The van der Waals surface area contributed by atoms with Crippen LogP contribution in [0.2, 0.25) is 0 Å². The number of piperidine rings is 1. The fraction of sp³-hybridized carbons (Fsp3) is 0.459. The molecule has 246 valence electrons. The molecule has 6 rings (SSSR count). The van der Waals surface area contributed by atoms with E-state index in [1.54, 1.807) is 4.90 Å². The molecule has 4 aromatic rings. The van der Waals surface area contributed by atoms with Crippen LogP contribution in [0, 0.1) is 5.92 Å². The van der Waals surface area contributed by atoms with E-state index in [4.69, 9.17) is 19.4 Å². The van der Waals surface area contributed by atoms with Gasteiger partial charge >= 0.3 is 6.09 Å². The second kappa shape index (κ2) is 13.3. The summed E-state index contributed by atoms with van der Waals surface area (Å²) in [6.07, 6.45) is 3.70. The summed E-state index contributed by atoms with van der Waals surface area (Å²) in [5.74, 6) is 2.29. The van der Waals surface area contributed by atoms with Crippen LogP contribution in [0.1, 0.15) is 89.6 Å². The van der Waals surface area contributed by atoms with Crippen molar-refractivity contribution in [3.63, 3.8) is 0 Å². The predicted octanol–water partition coefficient (Wildman–Crippen LogP) is 7.49. The van der Waals surface area contributed by atoms with Gasteiger partial charge in [0.1, 0.15) is 17.1 Å². The number of rotatable bonds is 7. The van der Waals surface area contributed by atoms with Crippen LogP contribution in [0.25, 0.3) is 22.3 Å². The second-order valence-electron chi connectivity index (χ2n) is 14.2. The van der Waals surface area contributed by atoms with Gasteiger partial charge in [-0.25, -0.2) is 9.78 Å². The third-order valence-electron chi connectivity index (χ3n) is 8.73. The highest BCUT2D eigenvalue weighted by molar-refractivity contribution is 5.80. The molecule has 1 atom stereocenters. The number of aromatic nitrogens is 4. The molecule has 2 fully saturated rings. The molecule has 2 aliphatic rings. The van der Waals surface area contributed by atoms with E-state index in [-0.39, 0.29) is 17.9 Å². The molecule has 0 aliphatic carbocycles. The Morgan fingerprint density at radius 1 is 1.00 bits per heavy atom. The molecular weight excluding hydrogens is 592 g/mol. The summed E-state index contributed by atoms with van der Waals surface area (Å²) in [5.41, 5.74) is 5.45. The maximum atomic E-state index is 12.7. The van der Waals surface area contributed by atoms with Crippen molar-refractivity contribution in [3.8, 4) is 22.8 Å². The van der Waals surface area contributed by atoms with Gasteiger partial charge < -0.3 is 19.3 Å². The van der Waals surface area contributed by atoms with Crippen molar-refractivity contribution >= 4 is 23.0 Å². The highest BCUT2D eigenvalue weighted by Gasteiger charge is 2.30. The molecule has 0 radical (unpaired) electrons. The maximum Gasteiger partial charge on any atom is 0.410 e. The molecule has 47 heavy (non-hydrogen) atoms. The van der Waals surface area contributed by atoms with Crippen LogP contribution in [-0.2, 0) is 16.1 Å². The Bertz CT molecular complexity index is 1740. The maximum absolute atomic E-state index is 12.7. The highest BCUT2D eigenvalue weighted by Crippen LogP contribution is 2.34. The number of carbonyl (C=O) groups is 2. The Morgan fingerprint density at radius 3 is 2.36 bits per heavy atom. The fourth-order valence-electron chi connectivity index (χ4n) is 6.15. The van der Waals surface area contributed by atoms with Crippen LogP contribution in [0.5, 0.6) is 11.5 Å². The van der Waals surface area contributed by atoms with E-state index in [0.29, 0.717) is 55.9 Å². The first-order chi connectivity index (χ1) is 22.4. The minimum Gasteiger partial charge on any atom is -0.457 e. The van der Waals surface area contributed by atoms with Crippen molar-refractivity contribution in [2.24, 2.45) is 5.92 Å². The van der Waals surface area contributed by atoms with E-state index in [2.05, 4.69) is 31.0 Å². The van der Waals surface area contributed by atoms with Gasteiger partial charge in [0.15, 0.2) is 0 Å². The third kappa shape index (κ3) is 7.69. The first kappa shape index (κ1) is 32.3. The number of hydrogen-bond acceptors (Lipinski definition) is 8. The Balaban J connectivity index is 1.24.